The zero-order chi connectivity index (χ0) is 19.0. The first-order valence-electron chi connectivity index (χ1n) is 8.81. The number of likely N-dealkylation sites (tertiary alicyclic amines) is 1. The predicted molar refractivity (Wildman–Crippen MR) is 92.9 cm³/mol. The van der Waals surface area contributed by atoms with E-state index in [1.807, 2.05) is 16.8 Å². The largest absolute Gasteiger partial charge is 0.460 e. The van der Waals surface area contributed by atoms with Gasteiger partial charge >= 0.3 is 6.18 Å². The smallest absolute Gasteiger partial charge is 0.393 e. The number of alkyl halides is 3. The van der Waals surface area contributed by atoms with Crippen LogP contribution in [0.25, 0.3) is 0 Å². The number of hydrogen-bond acceptors (Lipinski definition) is 4. The van der Waals surface area contributed by atoms with E-state index >= 15 is 0 Å². The van der Waals surface area contributed by atoms with Crippen molar-refractivity contribution in [3.63, 3.8) is 0 Å². The first-order chi connectivity index (χ1) is 12.9. The van der Waals surface area contributed by atoms with Gasteiger partial charge in [-0.2, -0.15) is 24.5 Å². The third kappa shape index (κ3) is 4.12. The molecule has 2 unspecified atom stereocenters. The molecule has 0 spiro atoms. The van der Waals surface area contributed by atoms with E-state index in [0.29, 0.717) is 29.8 Å². The molecule has 3 nitrogen and oxygen atoms in total. The van der Waals surface area contributed by atoms with Gasteiger partial charge in [-0.15, -0.1) is 0 Å². The van der Waals surface area contributed by atoms with E-state index in [2.05, 4.69) is 0 Å². The lowest BCUT2D eigenvalue weighted by molar-refractivity contribution is -0.187. The van der Waals surface area contributed by atoms with Crippen LogP contribution in [0.4, 0.5) is 17.6 Å². The van der Waals surface area contributed by atoms with Gasteiger partial charge in [0.2, 0.25) is 6.29 Å². The van der Waals surface area contributed by atoms with Crippen molar-refractivity contribution >= 4 is 11.3 Å². The number of halogens is 4. The summed E-state index contributed by atoms with van der Waals surface area (Å²) < 4.78 is 64.9. The third-order valence-electron chi connectivity index (χ3n) is 5.00. The lowest BCUT2D eigenvalue weighted by Crippen LogP contribution is -2.41. The summed E-state index contributed by atoms with van der Waals surface area (Å²) >= 11 is 1.52. The van der Waals surface area contributed by atoms with Crippen molar-refractivity contribution in [1.29, 1.82) is 0 Å². The molecule has 2 aliphatic rings. The third-order valence-corrected chi connectivity index (χ3v) is 5.70. The fraction of sp³-hybridized carbons (Fsp3) is 0.474. The van der Waals surface area contributed by atoms with Gasteiger partial charge in [0.25, 0.3) is 0 Å². The Hall–Kier alpha value is -1.64. The van der Waals surface area contributed by atoms with Crippen LogP contribution in [-0.4, -0.2) is 24.2 Å². The average Bonchev–Trinajstić information content (AvgIpc) is 3.15. The normalized spacial score (nSPS) is 23.7. The van der Waals surface area contributed by atoms with Crippen molar-refractivity contribution in [2.45, 2.75) is 38.5 Å². The quantitative estimate of drug-likeness (QED) is 0.654. The monoisotopic (exact) mass is 401 g/mol. The molecule has 27 heavy (non-hydrogen) atoms. The topological polar surface area (TPSA) is 21.7 Å². The number of fused-ring (bicyclic) bond motifs is 1. The van der Waals surface area contributed by atoms with E-state index in [0.717, 1.165) is 5.56 Å². The number of rotatable bonds is 3. The maximum absolute atomic E-state index is 14.0. The Morgan fingerprint density at radius 3 is 2.85 bits per heavy atom. The van der Waals surface area contributed by atoms with Crippen LogP contribution in [0.5, 0.6) is 5.75 Å². The Balaban J connectivity index is 1.56. The molecule has 1 aromatic carbocycles. The minimum atomic E-state index is -4.20. The van der Waals surface area contributed by atoms with Gasteiger partial charge in [0.15, 0.2) is 0 Å². The first-order valence-corrected chi connectivity index (χ1v) is 9.75. The molecule has 0 N–H and O–H groups in total. The van der Waals surface area contributed by atoms with Gasteiger partial charge in [0.05, 0.1) is 12.5 Å². The van der Waals surface area contributed by atoms with Crippen molar-refractivity contribution < 1.29 is 27.0 Å². The fourth-order valence-corrected chi connectivity index (χ4v) is 4.34. The van der Waals surface area contributed by atoms with E-state index in [4.69, 9.17) is 9.47 Å². The van der Waals surface area contributed by atoms with E-state index in [1.54, 1.807) is 4.90 Å². The van der Waals surface area contributed by atoms with Crippen LogP contribution >= 0.6 is 11.3 Å². The predicted octanol–water partition coefficient (Wildman–Crippen LogP) is 5.27. The molecule has 2 aliphatic heterocycles. The van der Waals surface area contributed by atoms with Gasteiger partial charge in [-0.05, 0) is 43.0 Å². The summed E-state index contributed by atoms with van der Waals surface area (Å²) in [5.74, 6) is -1.25. The van der Waals surface area contributed by atoms with Crippen molar-refractivity contribution in [3.8, 4) is 5.75 Å². The molecule has 146 valence electrons. The van der Waals surface area contributed by atoms with Gasteiger partial charge in [0, 0.05) is 35.2 Å². The average molecular weight is 401 g/mol. The Labute approximate surface area is 158 Å². The Bertz CT molecular complexity index is 794. The summed E-state index contributed by atoms with van der Waals surface area (Å²) in [5.41, 5.74) is 2.02. The van der Waals surface area contributed by atoms with E-state index < -0.39 is 24.2 Å². The summed E-state index contributed by atoms with van der Waals surface area (Å²) in [6.45, 7) is 0.913. The maximum Gasteiger partial charge on any atom is 0.393 e. The van der Waals surface area contributed by atoms with Crippen LogP contribution in [0.3, 0.4) is 0 Å². The molecule has 4 rings (SSSR count). The second-order valence-corrected chi connectivity index (χ2v) is 7.77. The summed E-state index contributed by atoms with van der Waals surface area (Å²) in [5, 5.41) is 3.82. The number of nitrogens with zero attached hydrogens (tertiary/aromatic N) is 1. The van der Waals surface area contributed by atoms with E-state index in [9.17, 15) is 17.6 Å². The SMILES string of the molecule is Fc1cc2c(c(CN3CCCC(C(F)(F)F)C3)c1)OC(c1ccsc1)OC2. The number of ether oxygens (including phenoxy) is 2. The van der Waals surface area contributed by atoms with Crippen molar-refractivity contribution in [3.05, 3.63) is 51.5 Å². The zero-order valence-corrected chi connectivity index (χ0v) is 15.3. The molecule has 1 saturated heterocycles. The molecule has 0 saturated carbocycles. The van der Waals surface area contributed by atoms with Crippen LogP contribution in [0, 0.1) is 11.7 Å². The van der Waals surface area contributed by atoms with Crippen LogP contribution in [-0.2, 0) is 17.9 Å². The molecular weight excluding hydrogens is 382 g/mol. The van der Waals surface area contributed by atoms with Gasteiger partial charge in [-0.25, -0.2) is 4.39 Å². The highest BCUT2D eigenvalue weighted by atomic mass is 32.1. The van der Waals surface area contributed by atoms with Gasteiger partial charge < -0.3 is 9.47 Å². The molecule has 0 amide bonds. The standard InChI is InChI=1S/C19H19F4NO2S/c20-16-6-13(8-24-4-1-2-15(9-24)19(21,22)23)17-14(7-16)10-25-18(26-17)12-3-5-27-11-12/h3,5-7,11,15,18H,1-2,4,8-10H2. The van der Waals surface area contributed by atoms with Crippen LogP contribution in [0.2, 0.25) is 0 Å². The maximum atomic E-state index is 14.0. The fourth-order valence-electron chi connectivity index (χ4n) is 3.68. The Kier molecular flexibility index (Phi) is 5.13. The van der Waals surface area contributed by atoms with Crippen molar-refractivity contribution in [2.75, 3.05) is 13.1 Å². The molecule has 1 fully saturated rings. The van der Waals surface area contributed by atoms with Gasteiger partial charge in [-0.3, -0.25) is 4.90 Å². The molecule has 3 heterocycles. The molecule has 2 aromatic rings. The number of thiophene rings is 1. The van der Waals surface area contributed by atoms with Crippen LogP contribution in [0.1, 0.15) is 35.8 Å². The summed E-state index contributed by atoms with van der Waals surface area (Å²) in [7, 11) is 0. The van der Waals surface area contributed by atoms with Crippen molar-refractivity contribution in [1.82, 2.24) is 4.90 Å². The molecular formula is C19H19F4NO2S. The lowest BCUT2D eigenvalue weighted by Gasteiger charge is -2.35. The molecule has 1 aromatic heterocycles. The summed E-state index contributed by atoms with van der Waals surface area (Å²) in [4.78, 5) is 1.73. The number of benzene rings is 1. The van der Waals surface area contributed by atoms with E-state index in [-0.39, 0.29) is 26.1 Å². The lowest BCUT2D eigenvalue weighted by atomic mass is 9.96. The minimum Gasteiger partial charge on any atom is -0.460 e. The van der Waals surface area contributed by atoms with E-state index in [1.165, 1.54) is 23.5 Å². The molecule has 8 heteroatoms. The second kappa shape index (κ2) is 7.41. The second-order valence-electron chi connectivity index (χ2n) is 6.99. The summed E-state index contributed by atoms with van der Waals surface area (Å²) in [6, 6.07) is 4.60. The molecule has 0 bridgehead atoms. The molecule has 2 atom stereocenters. The number of hydrogen-bond donors (Lipinski definition) is 0. The minimum absolute atomic E-state index is 0.0702. The van der Waals surface area contributed by atoms with Crippen molar-refractivity contribution in [2.24, 2.45) is 5.92 Å². The Morgan fingerprint density at radius 1 is 1.26 bits per heavy atom. The highest BCUT2D eigenvalue weighted by molar-refractivity contribution is 7.07. The zero-order valence-electron chi connectivity index (χ0n) is 14.5. The molecule has 0 radical (unpaired) electrons. The van der Waals surface area contributed by atoms with Gasteiger partial charge in [-0.1, -0.05) is 0 Å². The van der Waals surface area contributed by atoms with Gasteiger partial charge in [0.1, 0.15) is 11.6 Å². The molecule has 0 aliphatic carbocycles. The number of piperidine rings is 1. The summed E-state index contributed by atoms with van der Waals surface area (Å²) in [6.07, 6.45) is -4.17. The Morgan fingerprint density at radius 2 is 2.11 bits per heavy atom. The van der Waals surface area contributed by atoms with Crippen LogP contribution < -0.4 is 4.74 Å². The highest BCUT2D eigenvalue weighted by Crippen LogP contribution is 2.39. The van der Waals surface area contributed by atoms with Crippen LogP contribution in [0.15, 0.2) is 29.0 Å². The first kappa shape index (κ1) is 18.7. The highest BCUT2D eigenvalue weighted by Gasteiger charge is 2.41.